The average molecular weight is 223 g/mol. The molecule has 0 atom stereocenters. The summed E-state index contributed by atoms with van der Waals surface area (Å²) in [6.45, 7) is 9.22. The largest absolute Gasteiger partial charge is 0.491 e. The number of benzene rings is 1. The van der Waals surface area contributed by atoms with Crippen molar-refractivity contribution in [1.82, 2.24) is 0 Å². The fraction of sp³-hybridized carbons (Fsp3) is 0.538. The van der Waals surface area contributed by atoms with Gasteiger partial charge < -0.3 is 15.2 Å². The van der Waals surface area contributed by atoms with Crippen LogP contribution in [0.1, 0.15) is 26.3 Å². The normalized spacial score (nSPS) is 11.5. The molecule has 0 unspecified atom stereocenters. The quantitative estimate of drug-likeness (QED) is 0.630. The molecule has 16 heavy (non-hydrogen) atoms. The van der Waals surface area contributed by atoms with Crippen LogP contribution in [0.4, 0.5) is 5.69 Å². The minimum Gasteiger partial charge on any atom is -0.491 e. The summed E-state index contributed by atoms with van der Waals surface area (Å²) in [4.78, 5) is 0. The fourth-order valence-corrected chi connectivity index (χ4v) is 1.33. The molecular weight excluding hydrogens is 202 g/mol. The van der Waals surface area contributed by atoms with E-state index in [1.54, 1.807) is 0 Å². The number of aryl methyl sites for hydroxylation is 1. The number of rotatable bonds is 4. The Morgan fingerprint density at radius 2 is 1.88 bits per heavy atom. The number of hydrogen-bond donors (Lipinski definition) is 1. The van der Waals surface area contributed by atoms with Crippen LogP contribution in [0.15, 0.2) is 18.2 Å². The molecule has 1 aromatic rings. The summed E-state index contributed by atoms with van der Waals surface area (Å²) in [6, 6.07) is 5.63. The predicted octanol–water partition coefficient (Wildman–Crippen LogP) is 2.77. The number of ether oxygens (including phenoxy) is 2. The van der Waals surface area contributed by atoms with Gasteiger partial charge in [-0.3, -0.25) is 0 Å². The molecule has 2 N–H and O–H groups in total. The molecule has 1 rings (SSSR count). The predicted molar refractivity (Wildman–Crippen MR) is 66.8 cm³/mol. The molecule has 0 aliphatic rings. The van der Waals surface area contributed by atoms with Crippen LogP contribution in [0.2, 0.25) is 0 Å². The van der Waals surface area contributed by atoms with Crippen LogP contribution >= 0.6 is 0 Å². The second kappa shape index (κ2) is 5.21. The highest BCUT2D eigenvalue weighted by atomic mass is 16.5. The van der Waals surface area contributed by atoms with Crippen molar-refractivity contribution in [2.75, 3.05) is 18.9 Å². The molecule has 3 heteroatoms. The molecule has 0 saturated carbocycles. The van der Waals surface area contributed by atoms with Crippen molar-refractivity contribution in [1.29, 1.82) is 0 Å². The maximum atomic E-state index is 5.66. The molecule has 0 aromatic heterocycles. The van der Waals surface area contributed by atoms with Gasteiger partial charge in [0.25, 0.3) is 0 Å². The number of nitrogen functional groups attached to an aromatic ring is 1. The monoisotopic (exact) mass is 223 g/mol. The highest BCUT2D eigenvalue weighted by Gasteiger charge is 2.09. The summed E-state index contributed by atoms with van der Waals surface area (Å²) in [5, 5.41) is 0. The molecule has 0 bridgehead atoms. The van der Waals surface area contributed by atoms with Gasteiger partial charge in [-0.2, -0.15) is 0 Å². The highest BCUT2D eigenvalue weighted by molar-refractivity contribution is 5.47. The third kappa shape index (κ3) is 4.53. The van der Waals surface area contributed by atoms with E-state index in [1.807, 2.05) is 45.9 Å². The van der Waals surface area contributed by atoms with E-state index < -0.39 is 0 Å². The lowest BCUT2D eigenvalue weighted by molar-refractivity contribution is -0.0163. The molecule has 0 saturated heterocycles. The molecule has 90 valence electrons. The van der Waals surface area contributed by atoms with Crippen LogP contribution in [0.25, 0.3) is 0 Å². The minimum atomic E-state index is -0.112. The second-order valence-electron chi connectivity index (χ2n) is 4.83. The Balaban J connectivity index is 2.38. The van der Waals surface area contributed by atoms with Gasteiger partial charge in [0, 0.05) is 5.69 Å². The van der Waals surface area contributed by atoms with Crippen LogP contribution in [0, 0.1) is 6.92 Å². The first-order valence-electron chi connectivity index (χ1n) is 5.51. The number of nitrogens with two attached hydrogens (primary N) is 1. The van der Waals surface area contributed by atoms with Gasteiger partial charge in [-0.15, -0.1) is 0 Å². The van der Waals surface area contributed by atoms with Crippen molar-refractivity contribution < 1.29 is 9.47 Å². The van der Waals surface area contributed by atoms with E-state index in [0.29, 0.717) is 13.2 Å². The van der Waals surface area contributed by atoms with Gasteiger partial charge in [-0.25, -0.2) is 0 Å². The Hall–Kier alpha value is -1.22. The molecule has 0 heterocycles. The SMILES string of the molecule is Cc1cc(N)ccc1OCCOC(C)(C)C. The van der Waals surface area contributed by atoms with Crippen molar-refractivity contribution in [3.8, 4) is 5.75 Å². The van der Waals surface area contributed by atoms with Crippen molar-refractivity contribution in [2.24, 2.45) is 0 Å². The average Bonchev–Trinajstić information content (AvgIpc) is 2.13. The first-order valence-corrected chi connectivity index (χ1v) is 5.51. The summed E-state index contributed by atoms with van der Waals surface area (Å²) in [5.74, 6) is 0.867. The zero-order valence-corrected chi connectivity index (χ0v) is 10.5. The molecule has 0 amide bonds. The van der Waals surface area contributed by atoms with E-state index in [-0.39, 0.29) is 5.60 Å². The topological polar surface area (TPSA) is 44.5 Å². The van der Waals surface area contributed by atoms with Gasteiger partial charge in [0.2, 0.25) is 0 Å². The van der Waals surface area contributed by atoms with Gasteiger partial charge in [0.15, 0.2) is 0 Å². The lowest BCUT2D eigenvalue weighted by Gasteiger charge is -2.19. The number of hydrogen-bond acceptors (Lipinski definition) is 3. The first-order chi connectivity index (χ1) is 7.38. The van der Waals surface area contributed by atoms with Gasteiger partial charge in [0.1, 0.15) is 12.4 Å². The van der Waals surface area contributed by atoms with Crippen molar-refractivity contribution in [3.63, 3.8) is 0 Å². The Kier molecular flexibility index (Phi) is 4.19. The molecule has 0 aliphatic carbocycles. The van der Waals surface area contributed by atoms with E-state index >= 15 is 0 Å². The summed E-state index contributed by atoms with van der Waals surface area (Å²) in [6.07, 6.45) is 0. The van der Waals surface area contributed by atoms with E-state index in [2.05, 4.69) is 0 Å². The molecule has 0 radical (unpaired) electrons. The second-order valence-corrected chi connectivity index (χ2v) is 4.83. The van der Waals surface area contributed by atoms with Crippen molar-refractivity contribution >= 4 is 5.69 Å². The molecule has 0 fully saturated rings. The lowest BCUT2D eigenvalue weighted by atomic mass is 10.2. The van der Waals surface area contributed by atoms with E-state index in [0.717, 1.165) is 17.0 Å². The highest BCUT2D eigenvalue weighted by Crippen LogP contribution is 2.20. The third-order valence-electron chi connectivity index (χ3n) is 2.07. The first kappa shape index (κ1) is 12.8. The Bertz CT molecular complexity index is 342. The maximum Gasteiger partial charge on any atom is 0.122 e. The summed E-state index contributed by atoms with van der Waals surface area (Å²) in [5.41, 5.74) is 7.36. The minimum absolute atomic E-state index is 0.112. The van der Waals surface area contributed by atoms with Crippen LogP contribution in [0.3, 0.4) is 0 Å². The lowest BCUT2D eigenvalue weighted by Crippen LogP contribution is -2.22. The van der Waals surface area contributed by atoms with Gasteiger partial charge >= 0.3 is 0 Å². The van der Waals surface area contributed by atoms with E-state index in [1.165, 1.54) is 0 Å². The van der Waals surface area contributed by atoms with Crippen molar-refractivity contribution in [2.45, 2.75) is 33.3 Å². The zero-order valence-electron chi connectivity index (χ0n) is 10.5. The van der Waals surface area contributed by atoms with Crippen LogP contribution in [-0.2, 0) is 4.74 Å². The summed E-state index contributed by atoms with van der Waals surface area (Å²) < 4.78 is 11.2. The zero-order chi connectivity index (χ0) is 12.2. The maximum absolute atomic E-state index is 5.66. The van der Waals surface area contributed by atoms with Crippen LogP contribution < -0.4 is 10.5 Å². The smallest absolute Gasteiger partial charge is 0.122 e. The Morgan fingerprint density at radius 3 is 2.44 bits per heavy atom. The Labute approximate surface area is 97.6 Å². The molecule has 0 aliphatic heterocycles. The van der Waals surface area contributed by atoms with Crippen molar-refractivity contribution in [3.05, 3.63) is 23.8 Å². The van der Waals surface area contributed by atoms with Gasteiger partial charge in [-0.05, 0) is 51.5 Å². The Morgan fingerprint density at radius 1 is 1.19 bits per heavy atom. The molecular formula is C13H21NO2. The summed E-state index contributed by atoms with van der Waals surface area (Å²) in [7, 11) is 0. The van der Waals surface area contributed by atoms with Gasteiger partial charge in [-0.1, -0.05) is 0 Å². The fourth-order valence-electron chi connectivity index (χ4n) is 1.33. The third-order valence-corrected chi connectivity index (χ3v) is 2.07. The van der Waals surface area contributed by atoms with Gasteiger partial charge in [0.05, 0.1) is 12.2 Å². The van der Waals surface area contributed by atoms with Crippen LogP contribution in [-0.4, -0.2) is 18.8 Å². The van der Waals surface area contributed by atoms with E-state index in [9.17, 15) is 0 Å². The van der Waals surface area contributed by atoms with Crippen LogP contribution in [0.5, 0.6) is 5.75 Å². The molecule has 0 spiro atoms. The standard InChI is InChI=1S/C13H21NO2/c1-10-9-11(14)5-6-12(10)15-7-8-16-13(2,3)4/h5-6,9H,7-8,14H2,1-4H3. The number of anilines is 1. The van der Waals surface area contributed by atoms with E-state index in [4.69, 9.17) is 15.2 Å². The molecule has 3 nitrogen and oxygen atoms in total. The summed E-state index contributed by atoms with van der Waals surface area (Å²) >= 11 is 0. The molecule has 1 aromatic carbocycles.